The van der Waals surface area contributed by atoms with Gasteiger partial charge in [-0.2, -0.15) is 5.10 Å². The Hall–Kier alpha value is -2.80. The van der Waals surface area contributed by atoms with E-state index in [0.29, 0.717) is 23.7 Å². The summed E-state index contributed by atoms with van der Waals surface area (Å²) >= 11 is 5.23. The van der Waals surface area contributed by atoms with Crippen molar-refractivity contribution >= 4 is 12.2 Å². The van der Waals surface area contributed by atoms with Gasteiger partial charge in [0.05, 0.1) is 13.7 Å². The number of aromatic amines is 1. The highest BCUT2D eigenvalue weighted by Gasteiger charge is 2.12. The second-order valence-electron chi connectivity index (χ2n) is 5.91. The first-order chi connectivity index (χ1) is 12.6. The van der Waals surface area contributed by atoms with Crippen LogP contribution in [0.15, 0.2) is 42.5 Å². The Labute approximate surface area is 157 Å². The molecule has 0 aliphatic rings. The number of methoxy groups -OCH3 is 1. The van der Waals surface area contributed by atoms with Gasteiger partial charge in [-0.05, 0) is 43.3 Å². The molecule has 136 valence electrons. The minimum atomic E-state index is 0.476. The molecule has 2 N–H and O–H groups in total. The van der Waals surface area contributed by atoms with Crippen LogP contribution in [0.25, 0.3) is 0 Å². The van der Waals surface area contributed by atoms with E-state index in [1.165, 1.54) is 5.56 Å². The normalized spacial score (nSPS) is 10.6. The van der Waals surface area contributed by atoms with Crippen molar-refractivity contribution in [2.45, 2.75) is 27.0 Å². The van der Waals surface area contributed by atoms with Crippen LogP contribution < -0.4 is 14.9 Å². The summed E-state index contributed by atoms with van der Waals surface area (Å²) in [5.74, 6) is 2.18. The fourth-order valence-electron chi connectivity index (χ4n) is 2.67. The Morgan fingerprint density at radius 1 is 1.12 bits per heavy atom. The van der Waals surface area contributed by atoms with E-state index in [2.05, 4.69) is 34.7 Å². The van der Waals surface area contributed by atoms with Crippen molar-refractivity contribution in [2.75, 3.05) is 12.5 Å². The predicted molar refractivity (Wildman–Crippen MR) is 104 cm³/mol. The van der Waals surface area contributed by atoms with E-state index in [1.807, 2.05) is 37.3 Å². The Morgan fingerprint density at radius 3 is 2.58 bits per heavy atom. The first-order valence-electron chi connectivity index (χ1n) is 8.31. The average molecular weight is 370 g/mol. The van der Waals surface area contributed by atoms with Gasteiger partial charge in [-0.1, -0.05) is 36.4 Å². The van der Waals surface area contributed by atoms with Crippen LogP contribution in [-0.2, 0) is 13.2 Å². The highest BCUT2D eigenvalue weighted by Crippen LogP contribution is 2.32. The molecule has 0 radical (unpaired) electrons. The molecule has 1 aromatic heterocycles. The van der Waals surface area contributed by atoms with Crippen LogP contribution in [0.3, 0.4) is 0 Å². The molecule has 2 aromatic carbocycles. The van der Waals surface area contributed by atoms with E-state index in [-0.39, 0.29) is 0 Å². The molecule has 0 spiro atoms. The summed E-state index contributed by atoms with van der Waals surface area (Å²) in [4.78, 5) is 0. The number of para-hydroxylation sites is 1. The summed E-state index contributed by atoms with van der Waals surface area (Å²) in [6.45, 7) is 4.95. The third-order valence-corrected chi connectivity index (χ3v) is 4.46. The molecule has 26 heavy (non-hydrogen) atoms. The number of benzene rings is 2. The van der Waals surface area contributed by atoms with Gasteiger partial charge in [-0.15, -0.1) is 0 Å². The van der Waals surface area contributed by atoms with E-state index < -0.39 is 0 Å². The van der Waals surface area contributed by atoms with Crippen LogP contribution in [0, 0.1) is 18.6 Å². The summed E-state index contributed by atoms with van der Waals surface area (Å²) in [6, 6.07) is 14.0. The van der Waals surface area contributed by atoms with Gasteiger partial charge in [0, 0.05) is 5.56 Å². The second kappa shape index (κ2) is 8.05. The fraction of sp³-hybridized carbons (Fsp3) is 0.263. The number of rotatable bonds is 7. The zero-order valence-electron chi connectivity index (χ0n) is 15.1. The van der Waals surface area contributed by atoms with Crippen LogP contribution in [-0.4, -0.2) is 22.0 Å². The molecule has 0 amide bonds. The van der Waals surface area contributed by atoms with Crippen molar-refractivity contribution in [3.63, 3.8) is 0 Å². The number of H-pyrrole nitrogens is 1. The smallest absolute Gasteiger partial charge is 0.214 e. The standard InChI is InChI=1S/C19H22N4O2S/c1-13-7-4-5-8-16(13)12-25-18-15(9-6-10-17(18)24-3)11-20-23-14(2)21-22-19(23)26/h4-10,20H,11-12H2,1-3H3,(H,22,26). The third-order valence-electron chi connectivity index (χ3n) is 4.18. The lowest BCUT2D eigenvalue weighted by Gasteiger charge is -2.17. The minimum absolute atomic E-state index is 0.476. The van der Waals surface area contributed by atoms with Gasteiger partial charge in [-0.3, -0.25) is 5.10 Å². The number of nitrogens with one attached hydrogen (secondary N) is 2. The minimum Gasteiger partial charge on any atom is -0.493 e. The summed E-state index contributed by atoms with van der Waals surface area (Å²) in [5.41, 5.74) is 6.57. The topological polar surface area (TPSA) is 64.1 Å². The molecule has 3 rings (SSSR count). The molecule has 0 atom stereocenters. The van der Waals surface area contributed by atoms with Gasteiger partial charge < -0.3 is 14.9 Å². The lowest BCUT2D eigenvalue weighted by atomic mass is 10.1. The Morgan fingerprint density at radius 2 is 1.88 bits per heavy atom. The van der Waals surface area contributed by atoms with Crippen molar-refractivity contribution in [2.24, 2.45) is 0 Å². The summed E-state index contributed by atoms with van der Waals surface area (Å²) in [6.07, 6.45) is 0. The molecule has 0 aliphatic heterocycles. The second-order valence-corrected chi connectivity index (χ2v) is 6.30. The number of ether oxygens (including phenoxy) is 2. The molecule has 0 bridgehead atoms. The highest BCUT2D eigenvalue weighted by molar-refractivity contribution is 7.71. The van der Waals surface area contributed by atoms with Crippen molar-refractivity contribution in [1.82, 2.24) is 14.9 Å². The van der Waals surface area contributed by atoms with Gasteiger partial charge in [-0.25, -0.2) is 4.68 Å². The van der Waals surface area contributed by atoms with Gasteiger partial charge in [0.15, 0.2) is 11.5 Å². The van der Waals surface area contributed by atoms with Crippen molar-refractivity contribution in [1.29, 1.82) is 0 Å². The van der Waals surface area contributed by atoms with E-state index in [0.717, 1.165) is 22.7 Å². The lowest BCUT2D eigenvalue weighted by molar-refractivity contribution is 0.281. The van der Waals surface area contributed by atoms with Gasteiger partial charge in [0.1, 0.15) is 12.4 Å². The highest BCUT2D eigenvalue weighted by atomic mass is 32.1. The zero-order valence-corrected chi connectivity index (χ0v) is 15.9. The summed E-state index contributed by atoms with van der Waals surface area (Å²) in [5, 5.41) is 6.86. The maximum atomic E-state index is 6.13. The van der Waals surface area contributed by atoms with Crippen molar-refractivity contribution < 1.29 is 9.47 Å². The molecular weight excluding hydrogens is 348 g/mol. The quantitative estimate of drug-likeness (QED) is 0.618. The van der Waals surface area contributed by atoms with Crippen LogP contribution in [0.4, 0.5) is 0 Å². The van der Waals surface area contributed by atoms with E-state index in [1.54, 1.807) is 11.8 Å². The zero-order chi connectivity index (χ0) is 18.5. The lowest BCUT2D eigenvalue weighted by Crippen LogP contribution is -2.17. The predicted octanol–water partition coefficient (Wildman–Crippen LogP) is 3.89. The molecule has 7 heteroatoms. The molecule has 0 saturated carbocycles. The van der Waals surface area contributed by atoms with Crippen LogP contribution in [0.1, 0.15) is 22.5 Å². The molecule has 6 nitrogen and oxygen atoms in total. The van der Waals surface area contributed by atoms with Crippen molar-refractivity contribution in [3.8, 4) is 11.5 Å². The molecule has 3 aromatic rings. The Kier molecular flexibility index (Phi) is 5.58. The fourth-order valence-corrected chi connectivity index (χ4v) is 2.92. The maximum Gasteiger partial charge on any atom is 0.214 e. The summed E-state index contributed by atoms with van der Waals surface area (Å²) < 4.78 is 13.9. The maximum absolute atomic E-state index is 6.13. The summed E-state index contributed by atoms with van der Waals surface area (Å²) in [7, 11) is 1.64. The third kappa shape index (κ3) is 3.88. The van der Waals surface area contributed by atoms with Gasteiger partial charge in [0.25, 0.3) is 0 Å². The van der Waals surface area contributed by atoms with Gasteiger partial charge >= 0.3 is 0 Å². The van der Waals surface area contributed by atoms with E-state index in [9.17, 15) is 0 Å². The molecule has 1 heterocycles. The van der Waals surface area contributed by atoms with Crippen LogP contribution in [0.2, 0.25) is 0 Å². The van der Waals surface area contributed by atoms with Crippen molar-refractivity contribution in [3.05, 3.63) is 69.8 Å². The average Bonchev–Trinajstić information content (AvgIpc) is 2.97. The molecule has 0 unspecified atom stereocenters. The Bertz CT molecular complexity index is 949. The number of hydrogen-bond donors (Lipinski definition) is 2. The van der Waals surface area contributed by atoms with Crippen LogP contribution in [0.5, 0.6) is 11.5 Å². The number of aromatic nitrogens is 3. The monoisotopic (exact) mass is 370 g/mol. The number of nitrogens with zero attached hydrogens (tertiary/aromatic N) is 2. The molecule has 0 saturated heterocycles. The van der Waals surface area contributed by atoms with Crippen LogP contribution >= 0.6 is 12.2 Å². The molecule has 0 fully saturated rings. The van der Waals surface area contributed by atoms with E-state index in [4.69, 9.17) is 21.7 Å². The number of aryl methyl sites for hydroxylation is 2. The SMILES string of the molecule is COc1cccc(CNn2c(C)n[nH]c2=S)c1OCc1ccccc1C. The number of hydrogen-bond acceptors (Lipinski definition) is 5. The molecular formula is C19H22N4O2S. The first kappa shape index (κ1) is 18.0. The first-order valence-corrected chi connectivity index (χ1v) is 8.72. The van der Waals surface area contributed by atoms with E-state index >= 15 is 0 Å². The Balaban J connectivity index is 1.82. The van der Waals surface area contributed by atoms with Gasteiger partial charge in [0.2, 0.25) is 4.77 Å². The molecule has 0 aliphatic carbocycles. The largest absolute Gasteiger partial charge is 0.493 e.